The smallest absolute Gasteiger partial charge is 0.164 e. The minimum Gasteiger partial charge on any atom is -0.456 e. The third-order valence-corrected chi connectivity index (χ3v) is 9.49. The molecular weight excluding hydrogens is 599 g/mol. The third kappa shape index (κ3) is 4.57. The number of aromatic nitrogens is 3. The fraction of sp³-hybridized carbons (Fsp3) is 0. The first-order valence-electron chi connectivity index (χ1n) is 16.4. The Kier molecular flexibility index (Phi) is 6.15. The normalized spacial score (nSPS) is 11.7. The van der Waals surface area contributed by atoms with Crippen LogP contribution in [0, 0.1) is 0 Å². The predicted molar refractivity (Wildman–Crippen MR) is 201 cm³/mol. The summed E-state index contributed by atoms with van der Waals surface area (Å²) in [4.78, 5) is 15.3. The molecule has 4 nitrogen and oxygen atoms in total. The van der Waals surface area contributed by atoms with Gasteiger partial charge in [0.1, 0.15) is 11.2 Å². The zero-order valence-electron chi connectivity index (χ0n) is 26.3. The van der Waals surface area contributed by atoms with Crippen LogP contribution in [0.3, 0.4) is 0 Å². The van der Waals surface area contributed by atoms with E-state index in [1.54, 1.807) is 0 Å². The Hall–Kier alpha value is -6.65. The molecule has 0 radical (unpaired) electrons. The molecule has 0 saturated carbocycles. The van der Waals surface area contributed by atoms with Crippen LogP contribution in [-0.4, -0.2) is 15.0 Å². The highest BCUT2D eigenvalue weighted by Gasteiger charge is 2.19. The van der Waals surface area contributed by atoms with Gasteiger partial charge in [-0.15, -0.1) is 0 Å². The van der Waals surface area contributed by atoms with Crippen LogP contribution < -0.4 is 0 Å². The molecule has 2 heterocycles. The average molecular weight is 626 g/mol. The number of rotatable bonds is 4. The van der Waals surface area contributed by atoms with E-state index in [0.717, 1.165) is 60.2 Å². The molecule has 0 amide bonds. The van der Waals surface area contributed by atoms with Gasteiger partial charge in [-0.25, -0.2) is 15.0 Å². The molecule has 0 unspecified atom stereocenters. The van der Waals surface area contributed by atoms with Crippen LogP contribution in [0.15, 0.2) is 168 Å². The lowest BCUT2D eigenvalue weighted by Gasteiger charge is -2.11. The summed E-state index contributed by atoms with van der Waals surface area (Å²) in [6, 6.07) is 57.0. The van der Waals surface area contributed by atoms with Gasteiger partial charge in [0.2, 0.25) is 0 Å². The van der Waals surface area contributed by atoms with Gasteiger partial charge in [-0.3, -0.25) is 0 Å². The van der Waals surface area contributed by atoms with Gasteiger partial charge < -0.3 is 4.42 Å². The summed E-state index contributed by atoms with van der Waals surface area (Å²) in [6.07, 6.45) is 0. The summed E-state index contributed by atoms with van der Waals surface area (Å²) in [5.41, 5.74) is 6.84. The molecule has 10 rings (SSSR count). The summed E-state index contributed by atoms with van der Waals surface area (Å²) in [5, 5.41) is 9.01. The molecule has 8 aromatic carbocycles. The number of benzene rings is 8. The fourth-order valence-electron chi connectivity index (χ4n) is 7.15. The summed E-state index contributed by atoms with van der Waals surface area (Å²) >= 11 is 0. The highest BCUT2D eigenvalue weighted by Crippen LogP contribution is 2.40. The van der Waals surface area contributed by atoms with E-state index < -0.39 is 0 Å². The quantitative estimate of drug-likeness (QED) is 0.195. The van der Waals surface area contributed by atoms with E-state index in [-0.39, 0.29) is 0 Å². The van der Waals surface area contributed by atoms with Gasteiger partial charge in [-0.1, -0.05) is 140 Å². The largest absolute Gasteiger partial charge is 0.456 e. The van der Waals surface area contributed by atoms with Crippen molar-refractivity contribution in [3.8, 4) is 45.3 Å². The molecule has 0 saturated heterocycles. The van der Waals surface area contributed by atoms with Gasteiger partial charge in [0.05, 0.1) is 0 Å². The maximum Gasteiger partial charge on any atom is 0.164 e. The first kappa shape index (κ1) is 27.5. The fourth-order valence-corrected chi connectivity index (χ4v) is 7.15. The molecular formula is C45H27N3O. The Labute approximate surface area is 282 Å². The first-order valence-corrected chi connectivity index (χ1v) is 16.4. The van der Waals surface area contributed by atoms with Crippen molar-refractivity contribution in [2.75, 3.05) is 0 Å². The monoisotopic (exact) mass is 625 g/mol. The maximum atomic E-state index is 6.51. The van der Waals surface area contributed by atoms with Crippen molar-refractivity contribution in [2.24, 2.45) is 0 Å². The topological polar surface area (TPSA) is 51.8 Å². The molecule has 2 aromatic heterocycles. The van der Waals surface area contributed by atoms with Crippen LogP contribution >= 0.6 is 0 Å². The summed E-state index contributed by atoms with van der Waals surface area (Å²) in [6.45, 7) is 0. The van der Waals surface area contributed by atoms with Gasteiger partial charge in [0, 0.05) is 27.5 Å². The number of furan rings is 1. The lowest BCUT2D eigenvalue weighted by Crippen LogP contribution is -2.00. The second-order valence-corrected chi connectivity index (χ2v) is 12.4. The molecule has 49 heavy (non-hydrogen) atoms. The predicted octanol–water partition coefficient (Wildman–Crippen LogP) is 11.9. The van der Waals surface area contributed by atoms with Gasteiger partial charge in [-0.2, -0.15) is 0 Å². The molecule has 0 aliphatic carbocycles. The van der Waals surface area contributed by atoms with Crippen molar-refractivity contribution in [3.05, 3.63) is 164 Å². The van der Waals surface area contributed by atoms with E-state index in [1.807, 2.05) is 42.5 Å². The summed E-state index contributed by atoms with van der Waals surface area (Å²) in [7, 11) is 0. The Bertz CT molecular complexity index is 2880. The average Bonchev–Trinajstić information content (AvgIpc) is 3.54. The van der Waals surface area contributed by atoms with E-state index in [2.05, 4.69) is 121 Å². The molecule has 0 atom stereocenters. The molecule has 228 valence electrons. The standard InChI is InChI=1S/C45H27N3O/c1-2-13-30(14-3-1)43-46-44(37-20-9-16-29-12-5-7-18-35(29)37)48-45(47-43)38-21-10-22-40-42(38)39-26-33-25-32(24-23-31(33)27-41(39)49-40)36-19-8-15-28-11-4-6-17-34(28)36/h1-27H. The van der Waals surface area contributed by atoms with Crippen LogP contribution in [0.2, 0.25) is 0 Å². The van der Waals surface area contributed by atoms with E-state index in [9.17, 15) is 0 Å². The van der Waals surface area contributed by atoms with Gasteiger partial charge in [-0.05, 0) is 67.7 Å². The Balaban J connectivity index is 1.21. The number of hydrogen-bond donors (Lipinski definition) is 0. The Morgan fingerprint density at radius 2 is 0.939 bits per heavy atom. The van der Waals surface area contributed by atoms with Gasteiger partial charge in [0.15, 0.2) is 17.5 Å². The maximum absolute atomic E-state index is 6.51. The first-order chi connectivity index (χ1) is 24.3. The SMILES string of the molecule is c1ccc(-c2nc(-c3cccc4ccccc34)nc(-c3cccc4oc5cc6ccc(-c7cccc8ccccc78)cc6cc5c34)n2)cc1. The molecule has 4 heteroatoms. The van der Waals surface area contributed by atoms with E-state index in [4.69, 9.17) is 19.4 Å². The molecule has 0 aliphatic rings. The molecule has 0 bridgehead atoms. The van der Waals surface area contributed by atoms with E-state index in [1.165, 1.54) is 21.9 Å². The minimum atomic E-state index is 0.606. The summed E-state index contributed by atoms with van der Waals surface area (Å²) in [5.74, 6) is 1.87. The highest BCUT2D eigenvalue weighted by molar-refractivity contribution is 6.15. The van der Waals surface area contributed by atoms with E-state index >= 15 is 0 Å². The highest BCUT2D eigenvalue weighted by atomic mass is 16.3. The molecule has 10 aromatic rings. The van der Waals surface area contributed by atoms with Crippen LogP contribution in [-0.2, 0) is 0 Å². The molecule has 0 fully saturated rings. The van der Waals surface area contributed by atoms with Crippen molar-refractivity contribution < 1.29 is 4.42 Å². The zero-order chi connectivity index (χ0) is 32.3. The van der Waals surface area contributed by atoms with Crippen LogP contribution in [0.25, 0.3) is 99.5 Å². The number of hydrogen-bond acceptors (Lipinski definition) is 4. The van der Waals surface area contributed by atoms with Gasteiger partial charge in [0.25, 0.3) is 0 Å². The number of fused-ring (bicyclic) bond motifs is 6. The van der Waals surface area contributed by atoms with Crippen LogP contribution in [0.5, 0.6) is 0 Å². The summed E-state index contributed by atoms with van der Waals surface area (Å²) < 4.78 is 6.51. The Morgan fingerprint density at radius 3 is 1.73 bits per heavy atom. The van der Waals surface area contributed by atoms with Crippen LogP contribution in [0.1, 0.15) is 0 Å². The van der Waals surface area contributed by atoms with Crippen LogP contribution in [0.4, 0.5) is 0 Å². The van der Waals surface area contributed by atoms with Gasteiger partial charge >= 0.3 is 0 Å². The second-order valence-electron chi connectivity index (χ2n) is 12.4. The second kappa shape index (κ2) is 11.0. The molecule has 0 aliphatic heterocycles. The van der Waals surface area contributed by atoms with Crippen molar-refractivity contribution in [1.29, 1.82) is 0 Å². The zero-order valence-corrected chi connectivity index (χ0v) is 26.3. The lowest BCUT2D eigenvalue weighted by atomic mass is 9.95. The Morgan fingerprint density at radius 1 is 0.327 bits per heavy atom. The van der Waals surface area contributed by atoms with Crippen molar-refractivity contribution in [1.82, 2.24) is 15.0 Å². The molecule has 0 N–H and O–H groups in total. The van der Waals surface area contributed by atoms with Crippen molar-refractivity contribution in [2.45, 2.75) is 0 Å². The lowest BCUT2D eigenvalue weighted by molar-refractivity contribution is 0.669. The minimum absolute atomic E-state index is 0.606. The molecule has 0 spiro atoms. The third-order valence-electron chi connectivity index (χ3n) is 9.49. The van der Waals surface area contributed by atoms with Crippen molar-refractivity contribution >= 4 is 54.3 Å². The van der Waals surface area contributed by atoms with E-state index in [0.29, 0.717) is 17.5 Å². The number of nitrogens with zero attached hydrogens (tertiary/aromatic N) is 3. The van der Waals surface area contributed by atoms with Crippen molar-refractivity contribution in [3.63, 3.8) is 0 Å².